The lowest BCUT2D eigenvalue weighted by Gasteiger charge is -2.20. The van der Waals surface area contributed by atoms with Crippen LogP contribution >= 0.6 is 11.6 Å². The highest BCUT2D eigenvalue weighted by Crippen LogP contribution is 2.15. The third kappa shape index (κ3) is 6.71. The molecule has 0 saturated carbocycles. The first-order valence-electron chi connectivity index (χ1n) is 7.35. The maximum atomic E-state index is 10.0. The zero-order chi connectivity index (χ0) is 15.0. The summed E-state index contributed by atoms with van der Waals surface area (Å²) in [6.07, 6.45) is 1.84. The second kappa shape index (κ2) is 9.35. The van der Waals surface area contributed by atoms with Gasteiger partial charge in [-0.3, -0.25) is 0 Å². The molecule has 2 N–H and O–H groups in total. The molecular formula is C16H27ClN2O. The Morgan fingerprint density at radius 1 is 1.20 bits per heavy atom. The quantitative estimate of drug-likeness (QED) is 0.688. The van der Waals surface area contributed by atoms with Crippen LogP contribution in [0.2, 0.25) is 5.02 Å². The van der Waals surface area contributed by atoms with Gasteiger partial charge in [-0.1, -0.05) is 23.7 Å². The van der Waals surface area contributed by atoms with Crippen LogP contribution in [0.4, 0.5) is 0 Å². The third-order valence-electron chi connectivity index (χ3n) is 3.59. The van der Waals surface area contributed by atoms with Crippen molar-refractivity contribution in [2.75, 3.05) is 26.7 Å². The van der Waals surface area contributed by atoms with E-state index in [2.05, 4.69) is 31.1 Å². The lowest BCUT2D eigenvalue weighted by atomic mass is 10.1. The molecule has 0 fully saturated rings. The molecular weight excluding hydrogens is 272 g/mol. The van der Waals surface area contributed by atoms with Crippen molar-refractivity contribution in [1.82, 2.24) is 10.2 Å². The standard InChI is InChI=1S/C16H27ClN2O/c1-13(2)19(3)11-5-4-10-18-12-16(20)14-6-8-15(17)9-7-14/h6-9,13,16,18,20H,4-5,10-12H2,1-3H3. The van der Waals surface area contributed by atoms with E-state index in [0.717, 1.165) is 25.1 Å². The number of rotatable bonds is 9. The Morgan fingerprint density at radius 2 is 1.85 bits per heavy atom. The van der Waals surface area contributed by atoms with Crippen LogP contribution in [0.5, 0.6) is 0 Å². The number of nitrogens with zero attached hydrogens (tertiary/aromatic N) is 1. The number of halogens is 1. The number of aliphatic hydroxyl groups excluding tert-OH is 1. The van der Waals surface area contributed by atoms with Crippen LogP contribution in [0.1, 0.15) is 38.4 Å². The molecule has 0 bridgehead atoms. The Bertz CT molecular complexity index is 367. The van der Waals surface area contributed by atoms with E-state index < -0.39 is 6.10 Å². The summed E-state index contributed by atoms with van der Waals surface area (Å²) in [5.41, 5.74) is 0.904. The lowest BCUT2D eigenvalue weighted by Crippen LogP contribution is -2.28. The molecule has 114 valence electrons. The van der Waals surface area contributed by atoms with Gasteiger partial charge >= 0.3 is 0 Å². The van der Waals surface area contributed by atoms with Crippen LogP contribution in [-0.2, 0) is 0 Å². The van der Waals surface area contributed by atoms with Gasteiger partial charge in [-0.25, -0.2) is 0 Å². The molecule has 0 saturated heterocycles. The molecule has 1 unspecified atom stereocenters. The molecule has 4 heteroatoms. The summed E-state index contributed by atoms with van der Waals surface area (Å²) in [6.45, 7) is 7.07. The van der Waals surface area contributed by atoms with E-state index in [1.807, 2.05) is 24.3 Å². The fourth-order valence-corrected chi connectivity index (χ4v) is 2.04. The minimum Gasteiger partial charge on any atom is -0.387 e. The van der Waals surface area contributed by atoms with Gasteiger partial charge in [-0.15, -0.1) is 0 Å². The van der Waals surface area contributed by atoms with Gasteiger partial charge in [0, 0.05) is 17.6 Å². The van der Waals surface area contributed by atoms with Crippen molar-refractivity contribution in [3.8, 4) is 0 Å². The Labute approximate surface area is 127 Å². The van der Waals surface area contributed by atoms with Gasteiger partial charge in [0.15, 0.2) is 0 Å². The molecule has 0 radical (unpaired) electrons. The van der Waals surface area contributed by atoms with E-state index >= 15 is 0 Å². The van der Waals surface area contributed by atoms with Crippen LogP contribution in [0.25, 0.3) is 0 Å². The summed E-state index contributed by atoms with van der Waals surface area (Å²) in [7, 11) is 2.16. The second-order valence-electron chi connectivity index (χ2n) is 5.55. The van der Waals surface area contributed by atoms with Crippen LogP contribution in [-0.4, -0.2) is 42.7 Å². The average Bonchev–Trinajstić information content (AvgIpc) is 2.42. The highest BCUT2D eigenvalue weighted by atomic mass is 35.5. The summed E-state index contributed by atoms with van der Waals surface area (Å²) in [4.78, 5) is 2.35. The molecule has 3 nitrogen and oxygen atoms in total. The summed E-state index contributed by atoms with van der Waals surface area (Å²) in [6, 6.07) is 7.96. The van der Waals surface area contributed by atoms with E-state index in [0.29, 0.717) is 17.6 Å². The predicted molar refractivity (Wildman–Crippen MR) is 86.3 cm³/mol. The van der Waals surface area contributed by atoms with Gasteiger partial charge in [0.2, 0.25) is 0 Å². The molecule has 1 atom stereocenters. The van der Waals surface area contributed by atoms with Gasteiger partial charge in [-0.05, 0) is 64.5 Å². The fourth-order valence-electron chi connectivity index (χ4n) is 1.91. The first-order valence-corrected chi connectivity index (χ1v) is 7.73. The normalized spacial score (nSPS) is 13.2. The first-order chi connectivity index (χ1) is 9.50. The minimum absolute atomic E-state index is 0.467. The van der Waals surface area contributed by atoms with Crippen LogP contribution < -0.4 is 5.32 Å². The predicted octanol–water partition coefficient (Wildman–Crippen LogP) is 3.08. The molecule has 0 aliphatic carbocycles. The molecule has 0 heterocycles. The molecule has 1 rings (SSSR count). The van der Waals surface area contributed by atoms with E-state index in [1.54, 1.807) is 0 Å². The van der Waals surface area contributed by atoms with Crippen LogP contribution in [0.15, 0.2) is 24.3 Å². The van der Waals surface area contributed by atoms with Gasteiger partial charge in [-0.2, -0.15) is 0 Å². The fraction of sp³-hybridized carbons (Fsp3) is 0.625. The van der Waals surface area contributed by atoms with Crippen molar-refractivity contribution in [3.05, 3.63) is 34.9 Å². The van der Waals surface area contributed by atoms with Crippen molar-refractivity contribution in [1.29, 1.82) is 0 Å². The van der Waals surface area contributed by atoms with Gasteiger partial charge in [0.05, 0.1) is 6.10 Å². The highest BCUT2D eigenvalue weighted by Gasteiger charge is 2.06. The van der Waals surface area contributed by atoms with E-state index in [1.165, 1.54) is 6.42 Å². The Morgan fingerprint density at radius 3 is 2.45 bits per heavy atom. The smallest absolute Gasteiger partial charge is 0.0914 e. The molecule has 0 aliphatic heterocycles. The molecule has 0 aliphatic rings. The van der Waals surface area contributed by atoms with E-state index in [-0.39, 0.29) is 0 Å². The van der Waals surface area contributed by atoms with Crippen molar-refractivity contribution >= 4 is 11.6 Å². The summed E-state index contributed by atoms with van der Waals surface area (Å²) in [5.74, 6) is 0. The Kier molecular flexibility index (Phi) is 8.15. The largest absolute Gasteiger partial charge is 0.387 e. The summed E-state index contributed by atoms with van der Waals surface area (Å²) in [5, 5.41) is 14.0. The summed E-state index contributed by atoms with van der Waals surface area (Å²) >= 11 is 5.82. The van der Waals surface area contributed by atoms with Gasteiger partial charge in [0.25, 0.3) is 0 Å². The SMILES string of the molecule is CC(C)N(C)CCCCNCC(O)c1ccc(Cl)cc1. The van der Waals surface area contributed by atoms with Crippen LogP contribution in [0.3, 0.4) is 0 Å². The average molecular weight is 299 g/mol. The van der Waals surface area contributed by atoms with Crippen molar-refractivity contribution in [3.63, 3.8) is 0 Å². The third-order valence-corrected chi connectivity index (χ3v) is 3.84. The molecule has 1 aromatic rings. The Hall–Kier alpha value is -0.610. The molecule has 1 aromatic carbocycles. The maximum absolute atomic E-state index is 10.0. The zero-order valence-electron chi connectivity index (χ0n) is 12.8. The second-order valence-corrected chi connectivity index (χ2v) is 5.99. The van der Waals surface area contributed by atoms with Crippen molar-refractivity contribution < 1.29 is 5.11 Å². The number of nitrogens with one attached hydrogen (secondary N) is 1. The minimum atomic E-state index is -0.467. The zero-order valence-corrected chi connectivity index (χ0v) is 13.5. The number of unbranched alkanes of at least 4 members (excludes halogenated alkanes) is 1. The topological polar surface area (TPSA) is 35.5 Å². The monoisotopic (exact) mass is 298 g/mol. The van der Waals surface area contributed by atoms with Crippen LogP contribution in [0, 0.1) is 0 Å². The van der Waals surface area contributed by atoms with Crippen molar-refractivity contribution in [2.24, 2.45) is 0 Å². The Balaban J connectivity index is 2.10. The number of aliphatic hydroxyl groups is 1. The number of hydrogen-bond donors (Lipinski definition) is 2. The maximum Gasteiger partial charge on any atom is 0.0914 e. The number of benzene rings is 1. The van der Waals surface area contributed by atoms with E-state index in [4.69, 9.17) is 11.6 Å². The van der Waals surface area contributed by atoms with E-state index in [9.17, 15) is 5.11 Å². The summed E-state index contributed by atoms with van der Waals surface area (Å²) < 4.78 is 0. The highest BCUT2D eigenvalue weighted by molar-refractivity contribution is 6.30. The molecule has 0 aromatic heterocycles. The van der Waals surface area contributed by atoms with Gasteiger partial charge in [0.1, 0.15) is 0 Å². The molecule has 0 spiro atoms. The number of hydrogen-bond acceptors (Lipinski definition) is 3. The lowest BCUT2D eigenvalue weighted by molar-refractivity contribution is 0.174. The first kappa shape index (κ1) is 17.4. The van der Waals surface area contributed by atoms with Crippen molar-refractivity contribution in [2.45, 2.75) is 38.8 Å². The molecule has 20 heavy (non-hydrogen) atoms. The molecule has 0 amide bonds. The van der Waals surface area contributed by atoms with Gasteiger partial charge < -0.3 is 15.3 Å².